The molecule has 3 aromatic rings. The van der Waals surface area contributed by atoms with E-state index in [0.717, 1.165) is 5.01 Å². The Morgan fingerprint density at radius 1 is 1.03 bits per heavy atom. The third-order valence-electron chi connectivity index (χ3n) is 3.87. The molecule has 0 aliphatic rings. The van der Waals surface area contributed by atoms with E-state index in [-0.39, 0.29) is 18.3 Å². The van der Waals surface area contributed by atoms with Crippen LogP contribution in [0.2, 0.25) is 0 Å². The van der Waals surface area contributed by atoms with Gasteiger partial charge in [-0.15, -0.1) is 11.3 Å². The van der Waals surface area contributed by atoms with Crippen molar-refractivity contribution in [1.82, 2.24) is 4.98 Å². The Kier molecular flexibility index (Phi) is 6.65. The highest BCUT2D eigenvalue weighted by Gasteiger charge is 2.10. The highest BCUT2D eigenvalue weighted by Crippen LogP contribution is 2.13. The molecule has 0 spiro atoms. The second kappa shape index (κ2) is 9.57. The molecule has 0 saturated heterocycles. The van der Waals surface area contributed by atoms with Crippen LogP contribution in [0.15, 0.2) is 66.1 Å². The molecule has 0 radical (unpaired) electrons. The molecule has 1 N–H and O–H groups in total. The van der Waals surface area contributed by atoms with E-state index >= 15 is 0 Å². The Morgan fingerprint density at radius 3 is 2.41 bits per heavy atom. The first-order valence-corrected chi connectivity index (χ1v) is 9.66. The second-order valence-electron chi connectivity index (χ2n) is 6.05. The molecule has 7 heteroatoms. The Labute approximate surface area is 171 Å². The number of aromatic nitrogens is 1. The number of ether oxygens (including phenoxy) is 1. The number of benzene rings is 2. The standard InChI is InChI=1S/C22H18N2O4S/c1-15-23-19(14-29-15)11-12-21(26)28-13-20(25)16-7-9-18(10-8-16)24-22(27)17-5-3-2-4-6-17/h2-12,14H,13H2,1H3,(H,24,27)/b12-11+. The SMILES string of the molecule is Cc1nc(/C=C/C(=O)OCC(=O)c2ccc(NC(=O)c3ccccc3)cc2)cs1. The van der Waals surface area contributed by atoms with Gasteiger partial charge in [0.2, 0.25) is 0 Å². The Hall–Kier alpha value is -3.58. The third-order valence-corrected chi connectivity index (χ3v) is 4.66. The lowest BCUT2D eigenvalue weighted by molar-refractivity contribution is -0.136. The number of aryl methyl sites for hydroxylation is 1. The molecule has 0 saturated carbocycles. The van der Waals surface area contributed by atoms with E-state index in [9.17, 15) is 14.4 Å². The average molecular weight is 406 g/mol. The molecule has 0 fully saturated rings. The molecule has 0 atom stereocenters. The predicted molar refractivity (Wildman–Crippen MR) is 112 cm³/mol. The summed E-state index contributed by atoms with van der Waals surface area (Å²) in [6.45, 7) is 1.51. The number of nitrogens with one attached hydrogen (secondary N) is 1. The zero-order valence-electron chi connectivity index (χ0n) is 15.6. The Balaban J connectivity index is 1.50. The van der Waals surface area contributed by atoms with Crippen molar-refractivity contribution in [2.75, 3.05) is 11.9 Å². The highest BCUT2D eigenvalue weighted by atomic mass is 32.1. The van der Waals surface area contributed by atoms with E-state index < -0.39 is 5.97 Å². The fourth-order valence-electron chi connectivity index (χ4n) is 2.41. The van der Waals surface area contributed by atoms with Gasteiger partial charge in [0.1, 0.15) is 0 Å². The number of esters is 1. The maximum Gasteiger partial charge on any atom is 0.331 e. The Bertz CT molecular complexity index is 1040. The number of carbonyl (C=O) groups excluding carboxylic acids is 3. The number of thiazole rings is 1. The smallest absolute Gasteiger partial charge is 0.331 e. The van der Waals surface area contributed by atoms with E-state index in [0.29, 0.717) is 22.5 Å². The monoisotopic (exact) mass is 406 g/mol. The van der Waals surface area contributed by atoms with Crippen LogP contribution < -0.4 is 5.32 Å². The van der Waals surface area contributed by atoms with Crippen molar-refractivity contribution < 1.29 is 19.1 Å². The predicted octanol–water partition coefficient (Wildman–Crippen LogP) is 4.14. The summed E-state index contributed by atoms with van der Waals surface area (Å²) < 4.78 is 4.97. The van der Waals surface area contributed by atoms with Gasteiger partial charge in [-0.3, -0.25) is 9.59 Å². The minimum Gasteiger partial charge on any atom is -0.454 e. The van der Waals surface area contributed by atoms with Crippen molar-refractivity contribution in [3.63, 3.8) is 0 Å². The van der Waals surface area contributed by atoms with Crippen LogP contribution in [-0.2, 0) is 9.53 Å². The summed E-state index contributed by atoms with van der Waals surface area (Å²) >= 11 is 1.48. The number of hydrogen-bond donors (Lipinski definition) is 1. The first-order chi connectivity index (χ1) is 14.0. The number of anilines is 1. The van der Waals surface area contributed by atoms with Crippen molar-refractivity contribution in [1.29, 1.82) is 0 Å². The van der Waals surface area contributed by atoms with Gasteiger partial charge in [0, 0.05) is 28.3 Å². The van der Waals surface area contributed by atoms with Crippen molar-refractivity contribution in [3.05, 3.63) is 87.9 Å². The quantitative estimate of drug-likeness (QED) is 0.362. The van der Waals surface area contributed by atoms with Gasteiger partial charge < -0.3 is 10.1 Å². The third kappa shape index (κ3) is 5.95. The van der Waals surface area contributed by atoms with E-state index in [2.05, 4.69) is 10.3 Å². The van der Waals surface area contributed by atoms with Crippen molar-refractivity contribution in [3.8, 4) is 0 Å². The molecule has 0 aliphatic heterocycles. The molecular formula is C22H18N2O4S. The van der Waals surface area contributed by atoms with Gasteiger partial charge in [0.25, 0.3) is 5.91 Å². The van der Waals surface area contributed by atoms with Crippen molar-refractivity contribution in [2.24, 2.45) is 0 Å². The van der Waals surface area contributed by atoms with Crippen LogP contribution in [0.3, 0.4) is 0 Å². The molecule has 3 rings (SSSR count). The molecular weight excluding hydrogens is 388 g/mol. The first-order valence-electron chi connectivity index (χ1n) is 8.78. The van der Waals surface area contributed by atoms with E-state index in [1.54, 1.807) is 54.6 Å². The van der Waals surface area contributed by atoms with Gasteiger partial charge >= 0.3 is 5.97 Å². The lowest BCUT2D eigenvalue weighted by atomic mass is 10.1. The first kappa shape index (κ1) is 20.2. The fraction of sp³-hybridized carbons (Fsp3) is 0.0909. The maximum atomic E-state index is 12.2. The number of amides is 1. The van der Waals surface area contributed by atoms with Crippen LogP contribution >= 0.6 is 11.3 Å². The van der Waals surface area contributed by atoms with Gasteiger partial charge in [-0.1, -0.05) is 18.2 Å². The largest absolute Gasteiger partial charge is 0.454 e. The summed E-state index contributed by atoms with van der Waals surface area (Å²) in [7, 11) is 0. The fourth-order valence-corrected chi connectivity index (χ4v) is 2.99. The molecule has 6 nitrogen and oxygen atoms in total. The number of Topliss-reactive ketones (excluding diaryl/α,β-unsaturated/α-hetero) is 1. The second-order valence-corrected chi connectivity index (χ2v) is 7.12. The molecule has 29 heavy (non-hydrogen) atoms. The number of carbonyl (C=O) groups is 3. The summed E-state index contributed by atoms with van der Waals surface area (Å²) in [6, 6.07) is 15.2. The minimum atomic E-state index is -0.615. The van der Waals surface area contributed by atoms with Crippen LogP contribution in [0.25, 0.3) is 6.08 Å². The molecule has 1 aromatic heterocycles. The zero-order valence-corrected chi connectivity index (χ0v) is 16.4. The lowest BCUT2D eigenvalue weighted by Gasteiger charge is -2.06. The normalized spacial score (nSPS) is 10.7. The lowest BCUT2D eigenvalue weighted by Crippen LogP contribution is -2.13. The molecule has 2 aromatic carbocycles. The van der Waals surface area contributed by atoms with Crippen LogP contribution in [0.5, 0.6) is 0 Å². The topological polar surface area (TPSA) is 85.4 Å². The number of nitrogens with zero attached hydrogens (tertiary/aromatic N) is 1. The zero-order chi connectivity index (χ0) is 20.6. The average Bonchev–Trinajstić information content (AvgIpc) is 3.16. The highest BCUT2D eigenvalue weighted by molar-refractivity contribution is 7.09. The number of hydrogen-bond acceptors (Lipinski definition) is 6. The van der Waals surface area contributed by atoms with Gasteiger partial charge in [0.15, 0.2) is 12.4 Å². The molecule has 146 valence electrons. The van der Waals surface area contributed by atoms with Crippen LogP contribution in [0.4, 0.5) is 5.69 Å². The number of rotatable bonds is 7. The molecule has 0 aliphatic carbocycles. The Morgan fingerprint density at radius 2 is 1.76 bits per heavy atom. The summed E-state index contributed by atoms with van der Waals surface area (Å²) in [5.41, 5.74) is 2.16. The molecule has 0 bridgehead atoms. The van der Waals surface area contributed by atoms with Crippen molar-refractivity contribution in [2.45, 2.75) is 6.92 Å². The van der Waals surface area contributed by atoms with Gasteiger partial charge in [-0.05, 0) is 49.4 Å². The summed E-state index contributed by atoms with van der Waals surface area (Å²) in [5.74, 6) is -1.19. The van der Waals surface area contributed by atoms with E-state index in [1.807, 2.05) is 18.4 Å². The van der Waals surface area contributed by atoms with E-state index in [1.165, 1.54) is 17.4 Å². The van der Waals surface area contributed by atoms with E-state index in [4.69, 9.17) is 4.74 Å². The molecule has 0 unspecified atom stereocenters. The van der Waals surface area contributed by atoms with Crippen molar-refractivity contribution >= 4 is 40.8 Å². The summed E-state index contributed by atoms with van der Waals surface area (Å²) in [6.07, 6.45) is 2.78. The maximum absolute atomic E-state index is 12.2. The van der Waals surface area contributed by atoms with Gasteiger partial charge in [0.05, 0.1) is 10.7 Å². The number of ketones is 1. The van der Waals surface area contributed by atoms with Crippen LogP contribution in [0.1, 0.15) is 31.4 Å². The molecule has 1 amide bonds. The van der Waals surface area contributed by atoms with Gasteiger partial charge in [-0.25, -0.2) is 9.78 Å². The minimum absolute atomic E-state index is 0.235. The van der Waals surface area contributed by atoms with Crippen LogP contribution in [0, 0.1) is 6.92 Å². The summed E-state index contributed by atoms with van der Waals surface area (Å²) in [4.78, 5) is 40.2. The van der Waals surface area contributed by atoms with Gasteiger partial charge in [-0.2, -0.15) is 0 Å². The van der Waals surface area contributed by atoms with Crippen LogP contribution in [-0.4, -0.2) is 29.3 Å². The molecule has 1 heterocycles. The summed E-state index contributed by atoms with van der Waals surface area (Å²) in [5, 5.41) is 5.48.